The molecular formula is C7H17AlO4. The average Bonchev–Trinajstić information content (AvgIpc) is 2.01. The zero-order chi connectivity index (χ0) is 8.53. The van der Waals surface area contributed by atoms with Crippen molar-refractivity contribution in [3.63, 3.8) is 0 Å². The molecule has 0 atom stereocenters. The van der Waals surface area contributed by atoms with Crippen LogP contribution >= 0.6 is 0 Å². The molecule has 0 aliphatic carbocycles. The number of hydrogen-bond donors (Lipinski definition) is 0. The standard InChI is InChI=1S/C7H14O4.Al.3H/c1-3-10-7(11-4-2)5-9-6-8;;;;/h6-7H,3-5H2,1-2H3;;;;. The van der Waals surface area contributed by atoms with Gasteiger partial charge in [0.1, 0.15) is 6.61 Å². The van der Waals surface area contributed by atoms with E-state index < -0.39 is 6.29 Å². The van der Waals surface area contributed by atoms with Gasteiger partial charge in [-0.3, -0.25) is 4.79 Å². The van der Waals surface area contributed by atoms with Gasteiger partial charge >= 0.3 is 0 Å². The third-order valence-corrected chi connectivity index (χ3v) is 1.01. The average molecular weight is 192 g/mol. The predicted molar refractivity (Wildman–Crippen MR) is 49.0 cm³/mol. The summed E-state index contributed by atoms with van der Waals surface area (Å²) in [6.07, 6.45) is -0.421. The van der Waals surface area contributed by atoms with E-state index in [-0.39, 0.29) is 24.0 Å². The van der Waals surface area contributed by atoms with E-state index in [1.807, 2.05) is 13.8 Å². The Balaban J connectivity index is 0. The molecule has 0 unspecified atom stereocenters. The zero-order valence-electron chi connectivity index (χ0n) is 6.91. The molecule has 0 fully saturated rings. The first-order chi connectivity index (χ1) is 5.35. The summed E-state index contributed by atoms with van der Waals surface area (Å²) in [5, 5.41) is 0. The smallest absolute Gasteiger partial charge is 0.293 e. The van der Waals surface area contributed by atoms with Crippen LogP contribution in [-0.2, 0) is 19.0 Å². The number of carbonyl (C=O) groups is 1. The highest BCUT2D eigenvalue weighted by Crippen LogP contribution is 1.94. The fourth-order valence-electron chi connectivity index (χ4n) is 0.634. The first kappa shape index (κ1) is 14.4. The molecule has 0 aliphatic rings. The van der Waals surface area contributed by atoms with Crippen molar-refractivity contribution in [2.24, 2.45) is 0 Å². The van der Waals surface area contributed by atoms with Gasteiger partial charge in [-0.1, -0.05) is 0 Å². The van der Waals surface area contributed by atoms with Crippen LogP contribution in [0.3, 0.4) is 0 Å². The lowest BCUT2D eigenvalue weighted by atomic mass is 10.6. The van der Waals surface area contributed by atoms with Crippen LogP contribution in [-0.4, -0.2) is 49.9 Å². The van der Waals surface area contributed by atoms with Crippen molar-refractivity contribution in [1.82, 2.24) is 0 Å². The second-order valence-electron chi connectivity index (χ2n) is 1.77. The molecule has 0 amide bonds. The Kier molecular flexibility index (Phi) is 13.1. The molecule has 0 spiro atoms. The molecule has 0 heterocycles. The molecule has 12 heavy (non-hydrogen) atoms. The summed E-state index contributed by atoms with van der Waals surface area (Å²) in [7, 11) is 0. The predicted octanol–water partition coefficient (Wildman–Crippen LogP) is -0.625. The molecule has 4 nitrogen and oxygen atoms in total. The molecule has 5 heteroatoms. The first-order valence-corrected chi connectivity index (χ1v) is 3.63. The van der Waals surface area contributed by atoms with Crippen molar-refractivity contribution in [3.8, 4) is 0 Å². The quantitative estimate of drug-likeness (QED) is 0.306. The van der Waals surface area contributed by atoms with Crippen molar-refractivity contribution in [1.29, 1.82) is 0 Å². The van der Waals surface area contributed by atoms with Gasteiger partial charge < -0.3 is 14.2 Å². The van der Waals surface area contributed by atoms with E-state index in [4.69, 9.17) is 9.47 Å². The van der Waals surface area contributed by atoms with E-state index in [0.717, 1.165) is 0 Å². The molecule has 0 saturated heterocycles. The van der Waals surface area contributed by atoms with Crippen molar-refractivity contribution < 1.29 is 19.0 Å². The lowest BCUT2D eigenvalue weighted by Gasteiger charge is -2.14. The molecule has 72 valence electrons. The van der Waals surface area contributed by atoms with Gasteiger partial charge in [0, 0.05) is 13.2 Å². The van der Waals surface area contributed by atoms with Crippen molar-refractivity contribution in [3.05, 3.63) is 0 Å². The number of ether oxygens (including phenoxy) is 3. The highest BCUT2D eigenvalue weighted by molar-refractivity contribution is 5.75. The van der Waals surface area contributed by atoms with Crippen molar-refractivity contribution in [2.45, 2.75) is 20.1 Å². The molecule has 0 aromatic rings. The van der Waals surface area contributed by atoms with Gasteiger partial charge in [0.05, 0.1) is 0 Å². The van der Waals surface area contributed by atoms with Gasteiger partial charge in [0.2, 0.25) is 0 Å². The van der Waals surface area contributed by atoms with E-state index in [2.05, 4.69) is 4.74 Å². The molecule has 0 N–H and O–H groups in total. The van der Waals surface area contributed by atoms with E-state index >= 15 is 0 Å². The Labute approximate surface area is 83.3 Å². The van der Waals surface area contributed by atoms with E-state index in [1.54, 1.807) is 0 Å². The Hall–Kier alpha value is -0.0775. The Morgan fingerprint density at radius 1 is 1.25 bits per heavy atom. The van der Waals surface area contributed by atoms with Crippen LogP contribution in [0.5, 0.6) is 0 Å². The lowest BCUT2D eigenvalue weighted by Crippen LogP contribution is -2.23. The molecular weight excluding hydrogens is 175 g/mol. The van der Waals surface area contributed by atoms with Gasteiger partial charge in [-0.05, 0) is 13.8 Å². The second-order valence-corrected chi connectivity index (χ2v) is 1.77. The highest BCUT2D eigenvalue weighted by atomic mass is 27.0. The van der Waals surface area contributed by atoms with Crippen LogP contribution in [0.25, 0.3) is 0 Å². The van der Waals surface area contributed by atoms with Gasteiger partial charge in [0.25, 0.3) is 6.47 Å². The summed E-state index contributed by atoms with van der Waals surface area (Å²) < 4.78 is 14.6. The Morgan fingerprint density at radius 2 is 1.75 bits per heavy atom. The summed E-state index contributed by atoms with van der Waals surface area (Å²) in [5.41, 5.74) is 0. The maximum atomic E-state index is 9.78. The fourth-order valence-corrected chi connectivity index (χ4v) is 0.634. The normalized spacial score (nSPS) is 9.25. The SMILES string of the molecule is CCOC(COC=O)OCC.[AlH3]. The Morgan fingerprint density at radius 3 is 2.08 bits per heavy atom. The second kappa shape index (κ2) is 10.9. The van der Waals surface area contributed by atoms with Gasteiger partial charge in [0.15, 0.2) is 23.7 Å². The minimum atomic E-state index is -0.421. The van der Waals surface area contributed by atoms with Gasteiger partial charge in [-0.15, -0.1) is 0 Å². The topological polar surface area (TPSA) is 44.8 Å². The molecule has 0 saturated carbocycles. The summed E-state index contributed by atoms with van der Waals surface area (Å²) in [6.45, 7) is 5.34. The van der Waals surface area contributed by atoms with Crippen LogP contribution in [0.15, 0.2) is 0 Å². The highest BCUT2D eigenvalue weighted by Gasteiger charge is 2.06. The minimum Gasteiger partial charge on any atom is -0.462 e. The molecule has 0 aromatic carbocycles. The molecule has 0 aromatic heterocycles. The third kappa shape index (κ3) is 8.02. The van der Waals surface area contributed by atoms with Gasteiger partial charge in [-0.2, -0.15) is 0 Å². The fraction of sp³-hybridized carbons (Fsp3) is 0.857. The lowest BCUT2D eigenvalue weighted by molar-refractivity contribution is -0.171. The summed E-state index contributed by atoms with van der Waals surface area (Å²) in [4.78, 5) is 9.78. The minimum absolute atomic E-state index is 0. The molecule has 0 aliphatic heterocycles. The van der Waals surface area contributed by atoms with Gasteiger partial charge in [-0.25, -0.2) is 0 Å². The maximum Gasteiger partial charge on any atom is 0.293 e. The maximum absolute atomic E-state index is 9.78. The van der Waals surface area contributed by atoms with Crippen LogP contribution in [0.2, 0.25) is 0 Å². The monoisotopic (exact) mass is 192 g/mol. The largest absolute Gasteiger partial charge is 0.462 e. The first-order valence-electron chi connectivity index (χ1n) is 3.63. The van der Waals surface area contributed by atoms with Crippen LogP contribution in [0.4, 0.5) is 0 Å². The van der Waals surface area contributed by atoms with Crippen LogP contribution < -0.4 is 0 Å². The number of carbonyl (C=O) groups excluding carboxylic acids is 1. The number of hydrogen-bond acceptors (Lipinski definition) is 4. The van der Waals surface area contributed by atoms with E-state index in [9.17, 15) is 4.79 Å². The third-order valence-electron chi connectivity index (χ3n) is 1.01. The summed E-state index contributed by atoms with van der Waals surface area (Å²) in [5.74, 6) is 0. The summed E-state index contributed by atoms with van der Waals surface area (Å²) in [6, 6.07) is 0. The van der Waals surface area contributed by atoms with Crippen LogP contribution in [0, 0.1) is 0 Å². The number of rotatable bonds is 7. The molecule has 0 rings (SSSR count). The van der Waals surface area contributed by atoms with E-state index in [1.165, 1.54) is 0 Å². The van der Waals surface area contributed by atoms with E-state index in [0.29, 0.717) is 19.7 Å². The Bertz CT molecular complexity index is 93.4. The van der Waals surface area contributed by atoms with Crippen molar-refractivity contribution in [2.75, 3.05) is 19.8 Å². The summed E-state index contributed by atoms with van der Waals surface area (Å²) >= 11 is 0. The van der Waals surface area contributed by atoms with Crippen molar-refractivity contribution >= 4 is 23.8 Å². The molecule has 0 bridgehead atoms. The molecule has 0 radical (unpaired) electrons. The zero-order valence-corrected chi connectivity index (χ0v) is 6.91. The van der Waals surface area contributed by atoms with Crippen LogP contribution in [0.1, 0.15) is 13.8 Å².